The summed E-state index contributed by atoms with van der Waals surface area (Å²) in [6.45, 7) is 1.67. The summed E-state index contributed by atoms with van der Waals surface area (Å²) >= 11 is 9.00. The van der Waals surface area contributed by atoms with Gasteiger partial charge in [0, 0.05) is 5.56 Å². The van der Waals surface area contributed by atoms with Crippen LogP contribution < -0.4 is 0 Å². The van der Waals surface area contributed by atoms with Crippen LogP contribution in [0.5, 0.6) is 0 Å². The van der Waals surface area contributed by atoms with Crippen molar-refractivity contribution in [2.75, 3.05) is 0 Å². The highest BCUT2D eigenvalue weighted by molar-refractivity contribution is 9.10. The Hall–Kier alpha value is -0.910. The van der Waals surface area contributed by atoms with E-state index in [-0.39, 0.29) is 26.8 Å². The van der Waals surface area contributed by atoms with Gasteiger partial charge in [0.1, 0.15) is 0 Å². The number of carbonyl (C=O) groups is 2. The zero-order valence-corrected chi connectivity index (χ0v) is 11.2. The minimum Gasteiger partial charge on any atom is -0.479 e. The van der Waals surface area contributed by atoms with Crippen LogP contribution in [0, 0.1) is 0 Å². The fourth-order valence-corrected chi connectivity index (χ4v) is 1.79. The van der Waals surface area contributed by atoms with Gasteiger partial charge in [-0.05, 0) is 24.6 Å². The molecule has 0 fully saturated rings. The molecule has 1 aromatic carbocycles. The van der Waals surface area contributed by atoms with Gasteiger partial charge in [-0.25, -0.2) is 4.79 Å². The zero-order chi connectivity index (χ0) is 13.2. The molecule has 1 aromatic rings. The molecular weight excluding hydrogens is 311 g/mol. The van der Waals surface area contributed by atoms with Gasteiger partial charge in [-0.2, -0.15) is 0 Å². The minimum absolute atomic E-state index is 0.124. The Balaban J connectivity index is 3.10. The average Bonchev–Trinajstić information content (AvgIpc) is 2.26. The Morgan fingerprint density at radius 2 is 2.00 bits per heavy atom. The van der Waals surface area contributed by atoms with Gasteiger partial charge in [0.25, 0.3) is 0 Å². The third-order valence-corrected chi connectivity index (χ3v) is 2.90. The molecule has 0 saturated carbocycles. The summed E-state index contributed by atoms with van der Waals surface area (Å²) in [4.78, 5) is 21.9. The molecule has 0 saturated heterocycles. The van der Waals surface area contributed by atoms with E-state index in [0.717, 1.165) is 0 Å². The Morgan fingerprint density at radius 1 is 1.41 bits per heavy atom. The van der Waals surface area contributed by atoms with Crippen LogP contribution in [0.15, 0.2) is 18.2 Å². The van der Waals surface area contributed by atoms with Crippen molar-refractivity contribution in [2.24, 2.45) is 0 Å². The lowest BCUT2D eigenvalue weighted by molar-refractivity contribution is -0.146. The summed E-state index contributed by atoms with van der Waals surface area (Å²) in [5.41, 5.74) is 0.429. The molecule has 6 heteroatoms. The van der Waals surface area contributed by atoms with Crippen LogP contribution in [-0.4, -0.2) is 26.8 Å². The first-order valence-electron chi connectivity index (χ1n) is 4.73. The van der Waals surface area contributed by atoms with Gasteiger partial charge in [-0.3, -0.25) is 4.79 Å². The monoisotopic (exact) mass is 320 g/mol. The standard InChI is InChI=1S/C11H10BrClO4/c1-5(12)9(14)7-3-2-6(4-8(7)13)10(15)11(16)17/h2-5,10,15H,1H3,(H,16,17). The number of aliphatic hydroxyl groups is 1. The molecule has 2 atom stereocenters. The molecule has 0 bridgehead atoms. The summed E-state index contributed by atoms with van der Waals surface area (Å²) < 4.78 is 0. The molecule has 0 spiro atoms. The topological polar surface area (TPSA) is 74.6 Å². The van der Waals surface area contributed by atoms with E-state index in [9.17, 15) is 14.7 Å². The van der Waals surface area contributed by atoms with Crippen LogP contribution in [0.1, 0.15) is 28.9 Å². The summed E-state index contributed by atoms with van der Waals surface area (Å²) in [7, 11) is 0. The van der Waals surface area contributed by atoms with Crippen LogP contribution in [0.3, 0.4) is 0 Å². The normalized spacial score (nSPS) is 14.1. The van der Waals surface area contributed by atoms with Crippen molar-refractivity contribution >= 4 is 39.3 Å². The first-order valence-corrected chi connectivity index (χ1v) is 6.02. The van der Waals surface area contributed by atoms with E-state index in [0.29, 0.717) is 0 Å². The number of carboxylic acid groups (broad SMARTS) is 1. The fourth-order valence-electron chi connectivity index (χ4n) is 1.26. The molecule has 0 radical (unpaired) electrons. The molecule has 0 aliphatic heterocycles. The van der Waals surface area contributed by atoms with Crippen molar-refractivity contribution in [3.8, 4) is 0 Å². The minimum atomic E-state index is -1.64. The van der Waals surface area contributed by atoms with Crippen molar-refractivity contribution in [1.82, 2.24) is 0 Å². The Kier molecular flexibility index (Phi) is 4.68. The maximum absolute atomic E-state index is 11.7. The molecule has 0 amide bonds. The van der Waals surface area contributed by atoms with Crippen LogP contribution in [0.4, 0.5) is 0 Å². The number of carboxylic acids is 1. The quantitative estimate of drug-likeness (QED) is 0.660. The molecule has 92 valence electrons. The second kappa shape index (κ2) is 5.62. The van der Waals surface area contributed by atoms with Gasteiger partial charge < -0.3 is 10.2 Å². The average molecular weight is 322 g/mol. The van der Waals surface area contributed by atoms with Gasteiger partial charge in [-0.1, -0.05) is 33.6 Å². The van der Waals surface area contributed by atoms with Gasteiger partial charge in [0.15, 0.2) is 11.9 Å². The molecule has 2 unspecified atom stereocenters. The zero-order valence-electron chi connectivity index (χ0n) is 8.85. The number of Topliss-reactive ketones (excluding diaryl/α,β-unsaturated/α-hetero) is 1. The van der Waals surface area contributed by atoms with E-state index < -0.39 is 12.1 Å². The summed E-state index contributed by atoms with van der Waals surface area (Å²) in [6.07, 6.45) is -1.64. The Morgan fingerprint density at radius 3 is 2.41 bits per heavy atom. The first-order chi connectivity index (χ1) is 7.84. The molecule has 0 aromatic heterocycles. The molecule has 1 rings (SSSR count). The van der Waals surface area contributed by atoms with Crippen molar-refractivity contribution in [3.63, 3.8) is 0 Å². The van der Waals surface area contributed by atoms with E-state index in [1.807, 2.05) is 0 Å². The fraction of sp³-hybridized carbons (Fsp3) is 0.273. The predicted molar refractivity (Wildman–Crippen MR) is 66.8 cm³/mol. The van der Waals surface area contributed by atoms with E-state index in [4.69, 9.17) is 16.7 Å². The van der Waals surface area contributed by atoms with E-state index in [2.05, 4.69) is 15.9 Å². The van der Waals surface area contributed by atoms with Crippen molar-refractivity contribution in [1.29, 1.82) is 0 Å². The number of hydrogen-bond donors (Lipinski definition) is 2. The molecule has 0 aliphatic carbocycles. The second-order valence-corrected chi connectivity index (χ2v) is 5.24. The van der Waals surface area contributed by atoms with Crippen molar-refractivity contribution < 1.29 is 19.8 Å². The maximum atomic E-state index is 11.7. The lowest BCUT2D eigenvalue weighted by atomic mass is 10.0. The first kappa shape index (κ1) is 14.2. The third kappa shape index (κ3) is 3.28. The number of rotatable bonds is 4. The number of aliphatic hydroxyl groups excluding tert-OH is 1. The van der Waals surface area contributed by atoms with Gasteiger partial charge in [0.05, 0.1) is 9.85 Å². The number of alkyl halides is 1. The third-order valence-electron chi connectivity index (χ3n) is 2.17. The van der Waals surface area contributed by atoms with E-state index in [1.54, 1.807) is 6.92 Å². The molecule has 0 aliphatic rings. The second-order valence-electron chi connectivity index (χ2n) is 3.46. The van der Waals surface area contributed by atoms with Crippen molar-refractivity contribution in [3.05, 3.63) is 34.3 Å². The highest BCUT2D eigenvalue weighted by atomic mass is 79.9. The lowest BCUT2D eigenvalue weighted by Gasteiger charge is -2.09. The number of aliphatic carboxylic acids is 1. The van der Waals surface area contributed by atoms with Crippen LogP contribution in [0.25, 0.3) is 0 Å². The van der Waals surface area contributed by atoms with Gasteiger partial charge in [0.2, 0.25) is 0 Å². The van der Waals surface area contributed by atoms with Crippen LogP contribution >= 0.6 is 27.5 Å². The lowest BCUT2D eigenvalue weighted by Crippen LogP contribution is -2.13. The van der Waals surface area contributed by atoms with Crippen molar-refractivity contribution in [2.45, 2.75) is 17.9 Å². The summed E-state index contributed by atoms with van der Waals surface area (Å²) in [5.74, 6) is -1.57. The molecule has 17 heavy (non-hydrogen) atoms. The smallest absolute Gasteiger partial charge is 0.337 e. The summed E-state index contributed by atoms with van der Waals surface area (Å²) in [5, 5.41) is 18.1. The highest BCUT2D eigenvalue weighted by Gasteiger charge is 2.20. The number of benzene rings is 1. The van der Waals surface area contributed by atoms with Crippen LogP contribution in [-0.2, 0) is 4.79 Å². The number of ketones is 1. The van der Waals surface area contributed by atoms with E-state index >= 15 is 0 Å². The largest absolute Gasteiger partial charge is 0.479 e. The van der Waals surface area contributed by atoms with E-state index in [1.165, 1.54) is 18.2 Å². The Bertz CT molecular complexity index is 459. The highest BCUT2D eigenvalue weighted by Crippen LogP contribution is 2.24. The predicted octanol–water partition coefficient (Wildman–Crippen LogP) is 2.42. The van der Waals surface area contributed by atoms with Crippen LogP contribution in [0.2, 0.25) is 5.02 Å². The molecule has 4 nitrogen and oxygen atoms in total. The maximum Gasteiger partial charge on any atom is 0.337 e. The van der Waals surface area contributed by atoms with Gasteiger partial charge in [-0.15, -0.1) is 0 Å². The Labute approximate surface area is 111 Å². The number of hydrogen-bond acceptors (Lipinski definition) is 3. The molecule has 2 N–H and O–H groups in total. The SMILES string of the molecule is CC(Br)C(=O)c1ccc(C(O)C(=O)O)cc1Cl. The molecular formula is C11H10BrClO4. The van der Waals surface area contributed by atoms with Gasteiger partial charge >= 0.3 is 5.97 Å². The number of halogens is 2. The molecule has 0 heterocycles. The summed E-state index contributed by atoms with van der Waals surface area (Å²) in [6, 6.07) is 4.06. The number of carbonyl (C=O) groups excluding carboxylic acids is 1.